The Morgan fingerprint density at radius 1 is 1.45 bits per heavy atom. The molecule has 0 aromatic carbocycles. The SMILES string of the molecule is CCCC(C)CC1[CH]C1(C)C. The van der Waals surface area contributed by atoms with Crippen molar-refractivity contribution in [2.75, 3.05) is 0 Å². The summed E-state index contributed by atoms with van der Waals surface area (Å²) >= 11 is 0. The second-order valence-electron chi connectivity index (χ2n) is 4.72. The van der Waals surface area contributed by atoms with Gasteiger partial charge in [0.1, 0.15) is 0 Å². The lowest BCUT2D eigenvalue weighted by atomic mass is 9.96. The van der Waals surface area contributed by atoms with Gasteiger partial charge in [-0.1, -0.05) is 40.5 Å². The third-order valence-corrected chi connectivity index (χ3v) is 2.92. The average molecular weight is 153 g/mol. The first kappa shape index (κ1) is 9.09. The zero-order valence-electron chi connectivity index (χ0n) is 8.35. The predicted octanol–water partition coefficient (Wildman–Crippen LogP) is 3.67. The molecule has 0 N–H and O–H groups in total. The molecule has 0 aromatic heterocycles. The molecule has 0 spiro atoms. The summed E-state index contributed by atoms with van der Waals surface area (Å²) < 4.78 is 0. The highest BCUT2D eigenvalue weighted by Gasteiger charge is 2.45. The minimum atomic E-state index is 0.571. The van der Waals surface area contributed by atoms with E-state index in [4.69, 9.17) is 0 Å². The fourth-order valence-corrected chi connectivity index (χ4v) is 1.89. The highest BCUT2D eigenvalue weighted by atomic mass is 14.5. The van der Waals surface area contributed by atoms with Crippen LogP contribution in [0.2, 0.25) is 0 Å². The molecule has 1 aliphatic rings. The molecule has 0 aromatic rings. The van der Waals surface area contributed by atoms with Crippen molar-refractivity contribution in [3.63, 3.8) is 0 Å². The Morgan fingerprint density at radius 2 is 2.00 bits per heavy atom. The molecule has 0 heterocycles. The van der Waals surface area contributed by atoms with Crippen LogP contribution in [-0.2, 0) is 0 Å². The third kappa shape index (κ3) is 2.50. The standard InChI is InChI=1S/C11H21/c1-5-6-9(2)7-10-8-11(10,3)4/h8-10H,5-7H2,1-4H3. The first-order chi connectivity index (χ1) is 5.06. The van der Waals surface area contributed by atoms with Crippen LogP contribution in [0.25, 0.3) is 0 Å². The number of hydrogen-bond acceptors (Lipinski definition) is 0. The van der Waals surface area contributed by atoms with Crippen molar-refractivity contribution in [3.8, 4) is 0 Å². The summed E-state index contributed by atoms with van der Waals surface area (Å²) in [5.74, 6) is 1.85. The molecule has 1 aliphatic carbocycles. The average Bonchev–Trinajstić information content (AvgIpc) is 2.39. The van der Waals surface area contributed by atoms with Crippen LogP contribution in [0.3, 0.4) is 0 Å². The van der Waals surface area contributed by atoms with Crippen LogP contribution in [0.15, 0.2) is 0 Å². The van der Waals surface area contributed by atoms with E-state index in [9.17, 15) is 0 Å². The van der Waals surface area contributed by atoms with E-state index < -0.39 is 0 Å². The number of rotatable bonds is 4. The highest BCUT2D eigenvalue weighted by Crippen LogP contribution is 2.53. The molecule has 65 valence electrons. The molecule has 0 nitrogen and oxygen atoms in total. The smallest absolute Gasteiger partial charge is 0.0289 e. The minimum Gasteiger partial charge on any atom is -0.0654 e. The third-order valence-electron chi connectivity index (χ3n) is 2.92. The van der Waals surface area contributed by atoms with E-state index >= 15 is 0 Å². The van der Waals surface area contributed by atoms with Crippen molar-refractivity contribution in [2.45, 2.75) is 47.0 Å². The van der Waals surface area contributed by atoms with Gasteiger partial charge in [-0.25, -0.2) is 0 Å². The van der Waals surface area contributed by atoms with Crippen LogP contribution in [0.5, 0.6) is 0 Å². The molecule has 0 bridgehead atoms. The zero-order chi connectivity index (χ0) is 8.48. The summed E-state index contributed by atoms with van der Waals surface area (Å²) in [6, 6.07) is 0. The largest absolute Gasteiger partial charge is 0.0654 e. The second kappa shape index (κ2) is 3.16. The maximum absolute atomic E-state index is 2.49. The summed E-state index contributed by atoms with van der Waals surface area (Å²) in [7, 11) is 0. The van der Waals surface area contributed by atoms with E-state index in [1.807, 2.05) is 0 Å². The van der Waals surface area contributed by atoms with Crippen molar-refractivity contribution in [1.29, 1.82) is 0 Å². The van der Waals surface area contributed by atoms with Crippen molar-refractivity contribution < 1.29 is 0 Å². The van der Waals surface area contributed by atoms with Crippen LogP contribution in [0.1, 0.15) is 47.0 Å². The summed E-state index contributed by atoms with van der Waals surface area (Å²) in [5.41, 5.74) is 0.571. The molecular weight excluding hydrogens is 132 g/mol. The Hall–Kier alpha value is 0. The molecule has 0 amide bonds. The van der Waals surface area contributed by atoms with Crippen LogP contribution >= 0.6 is 0 Å². The van der Waals surface area contributed by atoms with Crippen molar-refractivity contribution >= 4 is 0 Å². The van der Waals surface area contributed by atoms with Crippen LogP contribution in [0.4, 0.5) is 0 Å². The molecule has 1 saturated carbocycles. The van der Waals surface area contributed by atoms with Gasteiger partial charge in [0.2, 0.25) is 0 Å². The van der Waals surface area contributed by atoms with Gasteiger partial charge in [0.05, 0.1) is 0 Å². The Bertz CT molecular complexity index is 124. The van der Waals surface area contributed by atoms with E-state index in [-0.39, 0.29) is 0 Å². The summed E-state index contributed by atoms with van der Waals surface area (Å²) in [6.07, 6.45) is 6.65. The summed E-state index contributed by atoms with van der Waals surface area (Å²) in [4.78, 5) is 0. The molecule has 1 fully saturated rings. The van der Waals surface area contributed by atoms with Crippen LogP contribution in [-0.4, -0.2) is 0 Å². The Morgan fingerprint density at radius 3 is 2.36 bits per heavy atom. The first-order valence-corrected chi connectivity index (χ1v) is 4.92. The highest BCUT2D eigenvalue weighted by molar-refractivity contribution is 5.13. The molecule has 11 heavy (non-hydrogen) atoms. The van der Waals surface area contributed by atoms with E-state index in [1.54, 1.807) is 0 Å². The van der Waals surface area contributed by atoms with Crippen molar-refractivity contribution in [1.82, 2.24) is 0 Å². The normalized spacial score (nSPS) is 30.0. The monoisotopic (exact) mass is 153 g/mol. The fourth-order valence-electron chi connectivity index (χ4n) is 1.89. The molecule has 1 rings (SSSR count). The molecule has 0 heteroatoms. The van der Waals surface area contributed by atoms with Gasteiger partial charge >= 0.3 is 0 Å². The van der Waals surface area contributed by atoms with Gasteiger partial charge in [0.25, 0.3) is 0 Å². The van der Waals surface area contributed by atoms with E-state index in [0.717, 1.165) is 11.8 Å². The topological polar surface area (TPSA) is 0 Å². The summed E-state index contributed by atoms with van der Waals surface area (Å²) in [6.45, 7) is 9.34. The maximum Gasteiger partial charge on any atom is -0.0289 e. The Labute approximate surface area is 71.4 Å². The molecule has 2 atom stereocenters. The van der Waals surface area contributed by atoms with Crippen molar-refractivity contribution in [2.24, 2.45) is 17.3 Å². The molecule has 2 unspecified atom stereocenters. The van der Waals surface area contributed by atoms with Crippen LogP contribution < -0.4 is 0 Å². The quantitative estimate of drug-likeness (QED) is 0.578. The fraction of sp³-hybridized carbons (Fsp3) is 0.909. The Balaban J connectivity index is 2.13. The molecule has 0 saturated heterocycles. The van der Waals surface area contributed by atoms with E-state index in [2.05, 4.69) is 34.1 Å². The van der Waals surface area contributed by atoms with Gasteiger partial charge in [-0.2, -0.15) is 0 Å². The Kier molecular flexibility index (Phi) is 2.61. The molecule has 1 radical (unpaired) electrons. The molecular formula is C11H21. The molecule has 0 aliphatic heterocycles. The van der Waals surface area contributed by atoms with Gasteiger partial charge in [-0.3, -0.25) is 0 Å². The van der Waals surface area contributed by atoms with Crippen LogP contribution in [0, 0.1) is 23.7 Å². The van der Waals surface area contributed by atoms with Gasteiger partial charge in [-0.15, -0.1) is 0 Å². The first-order valence-electron chi connectivity index (χ1n) is 4.92. The lowest BCUT2D eigenvalue weighted by molar-refractivity contribution is 0.414. The van der Waals surface area contributed by atoms with Gasteiger partial charge < -0.3 is 0 Å². The maximum atomic E-state index is 2.49. The lowest BCUT2D eigenvalue weighted by Gasteiger charge is -2.10. The number of hydrogen-bond donors (Lipinski definition) is 0. The van der Waals surface area contributed by atoms with E-state index in [0.29, 0.717) is 5.41 Å². The second-order valence-corrected chi connectivity index (χ2v) is 4.72. The predicted molar refractivity (Wildman–Crippen MR) is 50.3 cm³/mol. The van der Waals surface area contributed by atoms with Gasteiger partial charge in [-0.05, 0) is 30.1 Å². The van der Waals surface area contributed by atoms with Gasteiger partial charge in [0.15, 0.2) is 0 Å². The lowest BCUT2D eigenvalue weighted by Crippen LogP contribution is -1.99. The van der Waals surface area contributed by atoms with Gasteiger partial charge in [0, 0.05) is 0 Å². The van der Waals surface area contributed by atoms with Crippen molar-refractivity contribution in [3.05, 3.63) is 6.42 Å². The summed E-state index contributed by atoms with van der Waals surface area (Å²) in [5, 5.41) is 0. The zero-order valence-corrected chi connectivity index (χ0v) is 8.35. The minimum absolute atomic E-state index is 0.571. The van der Waals surface area contributed by atoms with E-state index in [1.165, 1.54) is 19.3 Å².